The highest BCUT2D eigenvalue weighted by Crippen LogP contribution is 2.20. The largest absolute Gasteiger partial charge is 0.464 e. The van der Waals surface area contributed by atoms with Crippen LogP contribution in [0.2, 0.25) is 0 Å². The number of amides is 1. The second kappa shape index (κ2) is 5.39. The number of hydrogen-bond acceptors (Lipinski definition) is 7. The summed E-state index contributed by atoms with van der Waals surface area (Å²) in [5, 5.41) is 14.5. The molecule has 0 aliphatic carbocycles. The molecule has 19 heavy (non-hydrogen) atoms. The zero-order valence-electron chi connectivity index (χ0n) is 10.9. The van der Waals surface area contributed by atoms with Crippen molar-refractivity contribution >= 4 is 17.9 Å². The molecule has 1 heterocycles. The van der Waals surface area contributed by atoms with Crippen LogP contribution in [-0.2, 0) is 9.47 Å². The Hall–Kier alpha value is -2.56. The van der Waals surface area contributed by atoms with Crippen molar-refractivity contribution in [3.8, 4) is 6.07 Å². The first kappa shape index (κ1) is 14.5. The molecule has 0 aromatic carbocycles. The third-order valence-corrected chi connectivity index (χ3v) is 1.80. The normalized spacial score (nSPS) is 10.5. The fraction of sp³-hybridized carbons (Fsp3) is 0.455. The molecular formula is C11H13N3O5. The first-order chi connectivity index (χ1) is 8.78. The Labute approximate surface area is 109 Å². The Morgan fingerprint density at radius 3 is 2.53 bits per heavy atom. The third kappa shape index (κ3) is 3.70. The standard InChI is InChI=1S/C11H13N3O5/c1-11(2,3)18-10(16)13-8-6(5-12)7(14-19-8)9(15)17-4/h1-4H3,(H,13,16). The highest BCUT2D eigenvalue weighted by Gasteiger charge is 2.25. The van der Waals surface area contributed by atoms with Crippen LogP contribution in [0.4, 0.5) is 10.7 Å². The van der Waals surface area contributed by atoms with Gasteiger partial charge < -0.3 is 14.0 Å². The maximum Gasteiger partial charge on any atom is 0.414 e. The van der Waals surface area contributed by atoms with Gasteiger partial charge in [-0.1, -0.05) is 5.16 Å². The van der Waals surface area contributed by atoms with E-state index < -0.39 is 17.7 Å². The van der Waals surface area contributed by atoms with Crippen molar-refractivity contribution in [3.05, 3.63) is 11.3 Å². The molecular weight excluding hydrogens is 254 g/mol. The highest BCUT2D eigenvalue weighted by molar-refractivity contribution is 5.93. The van der Waals surface area contributed by atoms with Crippen molar-refractivity contribution in [2.24, 2.45) is 0 Å². The number of nitrogens with zero attached hydrogens (tertiary/aromatic N) is 2. The van der Waals surface area contributed by atoms with Gasteiger partial charge in [-0.3, -0.25) is 5.32 Å². The lowest BCUT2D eigenvalue weighted by Gasteiger charge is -2.18. The molecule has 0 radical (unpaired) electrons. The van der Waals surface area contributed by atoms with Gasteiger partial charge in [-0.15, -0.1) is 0 Å². The lowest BCUT2D eigenvalue weighted by Crippen LogP contribution is -2.27. The molecule has 0 saturated heterocycles. The molecule has 0 spiro atoms. The average Bonchev–Trinajstić information content (AvgIpc) is 2.68. The SMILES string of the molecule is COC(=O)c1noc(NC(=O)OC(C)(C)C)c1C#N. The van der Waals surface area contributed by atoms with Gasteiger partial charge in [0.25, 0.3) is 5.88 Å². The first-order valence-corrected chi connectivity index (χ1v) is 5.26. The predicted octanol–water partition coefficient (Wildman–Crippen LogP) is 1.68. The number of carbonyl (C=O) groups is 2. The van der Waals surface area contributed by atoms with Crippen molar-refractivity contribution in [2.75, 3.05) is 12.4 Å². The summed E-state index contributed by atoms with van der Waals surface area (Å²) in [7, 11) is 1.14. The van der Waals surface area contributed by atoms with Gasteiger partial charge in [0.15, 0.2) is 5.56 Å². The molecule has 0 aliphatic rings. The molecule has 1 N–H and O–H groups in total. The second-order valence-corrected chi connectivity index (χ2v) is 4.47. The van der Waals surface area contributed by atoms with Crippen molar-refractivity contribution in [3.63, 3.8) is 0 Å². The van der Waals surface area contributed by atoms with Crippen LogP contribution in [0.15, 0.2) is 4.52 Å². The lowest BCUT2D eigenvalue weighted by molar-refractivity contribution is 0.0588. The van der Waals surface area contributed by atoms with E-state index in [4.69, 9.17) is 14.5 Å². The second-order valence-electron chi connectivity index (χ2n) is 4.47. The molecule has 0 aliphatic heterocycles. The number of nitriles is 1. The molecule has 1 amide bonds. The number of nitrogens with one attached hydrogen (secondary N) is 1. The Bertz CT molecular complexity index is 536. The van der Waals surface area contributed by atoms with E-state index in [9.17, 15) is 9.59 Å². The van der Waals surface area contributed by atoms with Gasteiger partial charge in [0, 0.05) is 0 Å². The predicted molar refractivity (Wildman–Crippen MR) is 62.4 cm³/mol. The molecule has 0 bridgehead atoms. The lowest BCUT2D eigenvalue weighted by atomic mass is 10.2. The zero-order valence-corrected chi connectivity index (χ0v) is 10.9. The fourth-order valence-electron chi connectivity index (χ4n) is 1.11. The van der Waals surface area contributed by atoms with Crippen LogP contribution in [0, 0.1) is 11.3 Å². The van der Waals surface area contributed by atoms with Crippen molar-refractivity contribution in [1.82, 2.24) is 5.16 Å². The van der Waals surface area contributed by atoms with E-state index in [1.807, 2.05) is 0 Å². The smallest absolute Gasteiger partial charge is 0.414 e. The van der Waals surface area contributed by atoms with Gasteiger partial charge in [0.2, 0.25) is 5.69 Å². The van der Waals surface area contributed by atoms with E-state index in [0.717, 1.165) is 7.11 Å². The molecule has 1 aromatic heterocycles. The molecule has 0 unspecified atom stereocenters. The quantitative estimate of drug-likeness (QED) is 0.810. The van der Waals surface area contributed by atoms with Crippen LogP contribution in [0.1, 0.15) is 36.8 Å². The summed E-state index contributed by atoms with van der Waals surface area (Å²) in [4.78, 5) is 22.8. The minimum atomic E-state index is -0.836. The van der Waals surface area contributed by atoms with E-state index in [1.54, 1.807) is 26.8 Å². The Kier molecular flexibility index (Phi) is 4.11. The topological polar surface area (TPSA) is 114 Å². The van der Waals surface area contributed by atoms with Crippen LogP contribution >= 0.6 is 0 Å². The Morgan fingerprint density at radius 1 is 1.42 bits per heavy atom. The number of esters is 1. The van der Waals surface area contributed by atoms with Gasteiger partial charge in [0.05, 0.1) is 7.11 Å². The zero-order chi connectivity index (χ0) is 14.6. The molecule has 8 heteroatoms. The van der Waals surface area contributed by atoms with Crippen LogP contribution in [0.5, 0.6) is 0 Å². The minimum absolute atomic E-state index is 0.224. The van der Waals surface area contributed by atoms with Crippen molar-refractivity contribution in [1.29, 1.82) is 5.26 Å². The molecule has 8 nitrogen and oxygen atoms in total. The van der Waals surface area contributed by atoms with Crippen LogP contribution < -0.4 is 5.32 Å². The van der Waals surface area contributed by atoms with Gasteiger partial charge in [0.1, 0.15) is 11.7 Å². The Balaban J connectivity index is 2.92. The molecule has 1 rings (SSSR count). The fourth-order valence-corrected chi connectivity index (χ4v) is 1.11. The van der Waals surface area contributed by atoms with Crippen LogP contribution in [0.3, 0.4) is 0 Å². The molecule has 0 fully saturated rings. The van der Waals surface area contributed by atoms with E-state index in [1.165, 1.54) is 0 Å². The van der Waals surface area contributed by atoms with Crippen LogP contribution in [-0.4, -0.2) is 29.9 Å². The van der Waals surface area contributed by atoms with Gasteiger partial charge in [-0.05, 0) is 20.8 Å². The molecule has 1 aromatic rings. The minimum Gasteiger partial charge on any atom is -0.464 e. The first-order valence-electron chi connectivity index (χ1n) is 5.26. The van der Waals surface area contributed by atoms with E-state index in [2.05, 4.69) is 15.2 Å². The number of ether oxygens (including phenoxy) is 2. The van der Waals surface area contributed by atoms with E-state index in [0.29, 0.717) is 0 Å². The van der Waals surface area contributed by atoms with Crippen molar-refractivity contribution in [2.45, 2.75) is 26.4 Å². The molecule has 102 valence electrons. The molecule has 0 atom stereocenters. The Morgan fingerprint density at radius 2 is 2.05 bits per heavy atom. The summed E-state index contributed by atoms with van der Waals surface area (Å²) < 4.78 is 14.1. The monoisotopic (exact) mass is 267 g/mol. The highest BCUT2D eigenvalue weighted by atomic mass is 16.6. The summed E-state index contributed by atoms with van der Waals surface area (Å²) in [6, 6.07) is 1.70. The number of hydrogen-bond donors (Lipinski definition) is 1. The summed E-state index contributed by atoms with van der Waals surface area (Å²) in [6.07, 6.45) is -0.823. The van der Waals surface area contributed by atoms with Crippen LogP contribution in [0.25, 0.3) is 0 Å². The van der Waals surface area contributed by atoms with Crippen molar-refractivity contribution < 1.29 is 23.6 Å². The van der Waals surface area contributed by atoms with E-state index in [-0.39, 0.29) is 17.1 Å². The number of anilines is 1. The maximum absolute atomic E-state index is 11.5. The summed E-state index contributed by atoms with van der Waals surface area (Å²) in [6.45, 7) is 5.04. The third-order valence-electron chi connectivity index (χ3n) is 1.80. The maximum atomic E-state index is 11.5. The van der Waals surface area contributed by atoms with Gasteiger partial charge >= 0.3 is 12.1 Å². The summed E-state index contributed by atoms with van der Waals surface area (Å²) in [5.74, 6) is -1.10. The summed E-state index contributed by atoms with van der Waals surface area (Å²) in [5.41, 5.74) is -1.24. The van der Waals surface area contributed by atoms with E-state index >= 15 is 0 Å². The number of methoxy groups -OCH3 is 1. The number of carbonyl (C=O) groups excluding carboxylic acids is 2. The summed E-state index contributed by atoms with van der Waals surface area (Å²) >= 11 is 0. The number of rotatable bonds is 2. The average molecular weight is 267 g/mol. The van der Waals surface area contributed by atoms with Gasteiger partial charge in [-0.2, -0.15) is 5.26 Å². The number of aromatic nitrogens is 1. The molecule has 0 saturated carbocycles. The van der Waals surface area contributed by atoms with Gasteiger partial charge in [-0.25, -0.2) is 9.59 Å².